The van der Waals surface area contributed by atoms with E-state index in [1.807, 2.05) is 42.3 Å². The van der Waals surface area contributed by atoms with Gasteiger partial charge in [0.25, 0.3) is 0 Å². The van der Waals surface area contributed by atoms with Crippen molar-refractivity contribution in [2.45, 2.75) is 25.3 Å². The molecule has 5 heteroatoms. The number of nitrogens with one attached hydrogen (secondary N) is 2. The molecule has 20 heavy (non-hydrogen) atoms. The summed E-state index contributed by atoms with van der Waals surface area (Å²) in [6, 6.07) is 9.75. The zero-order valence-corrected chi connectivity index (χ0v) is 11.8. The monoisotopic (exact) mass is 275 g/mol. The first-order chi connectivity index (χ1) is 9.63. The highest BCUT2D eigenvalue weighted by atomic mass is 16.2. The third kappa shape index (κ3) is 5.40. The summed E-state index contributed by atoms with van der Waals surface area (Å²) in [5.41, 5.74) is 0.798. The molecule has 0 saturated heterocycles. The van der Waals surface area contributed by atoms with Crippen molar-refractivity contribution in [3.05, 3.63) is 30.3 Å². The van der Waals surface area contributed by atoms with Gasteiger partial charge in [0.1, 0.15) is 0 Å². The number of benzene rings is 1. The minimum atomic E-state index is -0.0364. The first-order valence-electron chi connectivity index (χ1n) is 6.96. The van der Waals surface area contributed by atoms with Gasteiger partial charge in [-0.3, -0.25) is 14.5 Å². The van der Waals surface area contributed by atoms with Crippen molar-refractivity contribution < 1.29 is 9.59 Å². The Morgan fingerprint density at radius 1 is 1.20 bits per heavy atom. The molecule has 1 aliphatic rings. The summed E-state index contributed by atoms with van der Waals surface area (Å²) in [5.74, 6) is 0.00381. The standard InChI is InChI=1S/C15H21N3O2/c1-18(11-15(20)17-13-7-8-13)10-9-14(19)16-12-5-3-2-4-6-12/h2-6,13H,7-11H2,1H3,(H,16,19)(H,17,20). The molecule has 1 saturated carbocycles. The summed E-state index contributed by atoms with van der Waals surface area (Å²) in [4.78, 5) is 25.2. The molecule has 0 spiro atoms. The van der Waals surface area contributed by atoms with Gasteiger partial charge in [-0.15, -0.1) is 0 Å². The van der Waals surface area contributed by atoms with Crippen LogP contribution in [0.2, 0.25) is 0 Å². The first-order valence-corrected chi connectivity index (χ1v) is 6.96. The van der Waals surface area contributed by atoms with Gasteiger partial charge in [-0.25, -0.2) is 0 Å². The summed E-state index contributed by atoms with van der Waals surface area (Å²) in [6.07, 6.45) is 2.56. The van der Waals surface area contributed by atoms with E-state index in [0.29, 0.717) is 25.6 Å². The van der Waals surface area contributed by atoms with Gasteiger partial charge in [-0.1, -0.05) is 18.2 Å². The molecule has 1 fully saturated rings. The van der Waals surface area contributed by atoms with E-state index in [0.717, 1.165) is 18.5 Å². The topological polar surface area (TPSA) is 61.4 Å². The molecule has 1 aromatic carbocycles. The maximum Gasteiger partial charge on any atom is 0.234 e. The lowest BCUT2D eigenvalue weighted by Crippen LogP contribution is -2.37. The maximum absolute atomic E-state index is 11.8. The van der Waals surface area contributed by atoms with Crippen LogP contribution in [0.5, 0.6) is 0 Å². The fourth-order valence-corrected chi connectivity index (χ4v) is 1.86. The molecule has 108 valence electrons. The van der Waals surface area contributed by atoms with E-state index >= 15 is 0 Å². The Bertz CT molecular complexity index is 457. The van der Waals surface area contributed by atoms with E-state index < -0.39 is 0 Å². The van der Waals surface area contributed by atoms with Crippen LogP contribution >= 0.6 is 0 Å². The van der Waals surface area contributed by atoms with Gasteiger partial charge in [0.15, 0.2) is 0 Å². The number of rotatable bonds is 7. The van der Waals surface area contributed by atoms with Crippen molar-refractivity contribution in [1.29, 1.82) is 0 Å². The summed E-state index contributed by atoms with van der Waals surface area (Å²) >= 11 is 0. The first kappa shape index (κ1) is 14.5. The Labute approximate surface area is 119 Å². The minimum absolute atomic E-state index is 0.0364. The average molecular weight is 275 g/mol. The van der Waals surface area contributed by atoms with Crippen LogP contribution in [0.25, 0.3) is 0 Å². The predicted molar refractivity (Wildman–Crippen MR) is 78.4 cm³/mol. The molecule has 5 nitrogen and oxygen atoms in total. The van der Waals surface area contributed by atoms with E-state index in [4.69, 9.17) is 0 Å². The summed E-state index contributed by atoms with van der Waals surface area (Å²) < 4.78 is 0. The molecule has 0 radical (unpaired) electrons. The molecule has 2 amide bonds. The van der Waals surface area contributed by atoms with Crippen molar-refractivity contribution in [2.24, 2.45) is 0 Å². The van der Waals surface area contributed by atoms with Crippen molar-refractivity contribution in [2.75, 3.05) is 25.5 Å². The normalized spacial score (nSPS) is 14.1. The van der Waals surface area contributed by atoms with Gasteiger partial charge >= 0.3 is 0 Å². The van der Waals surface area contributed by atoms with Crippen molar-refractivity contribution in [3.8, 4) is 0 Å². The number of anilines is 1. The zero-order valence-electron chi connectivity index (χ0n) is 11.8. The SMILES string of the molecule is CN(CCC(=O)Nc1ccccc1)CC(=O)NC1CC1. The van der Waals surface area contributed by atoms with E-state index in [2.05, 4.69) is 10.6 Å². The van der Waals surface area contributed by atoms with E-state index in [1.54, 1.807) is 0 Å². The third-order valence-electron chi connectivity index (χ3n) is 3.13. The maximum atomic E-state index is 11.8. The van der Waals surface area contributed by atoms with E-state index in [1.165, 1.54) is 0 Å². The lowest BCUT2D eigenvalue weighted by atomic mass is 10.3. The Kier molecular flexibility index (Phi) is 5.12. The molecule has 2 N–H and O–H groups in total. The van der Waals surface area contributed by atoms with Gasteiger partial charge in [-0.2, -0.15) is 0 Å². The predicted octanol–water partition coefficient (Wildman–Crippen LogP) is 1.23. The van der Waals surface area contributed by atoms with Gasteiger partial charge in [-0.05, 0) is 32.0 Å². The van der Waals surface area contributed by atoms with Crippen LogP contribution in [0.15, 0.2) is 30.3 Å². The van der Waals surface area contributed by atoms with Crippen LogP contribution in [0, 0.1) is 0 Å². The molecule has 1 aliphatic carbocycles. The summed E-state index contributed by atoms with van der Waals surface area (Å²) in [7, 11) is 1.85. The van der Waals surface area contributed by atoms with Crippen LogP contribution in [0.1, 0.15) is 19.3 Å². The van der Waals surface area contributed by atoms with Crippen molar-refractivity contribution in [3.63, 3.8) is 0 Å². The molecular formula is C15H21N3O2. The second kappa shape index (κ2) is 7.05. The van der Waals surface area contributed by atoms with Crippen molar-refractivity contribution in [1.82, 2.24) is 10.2 Å². The molecule has 1 aromatic rings. The Morgan fingerprint density at radius 3 is 2.55 bits per heavy atom. The molecule has 0 unspecified atom stereocenters. The van der Waals surface area contributed by atoms with Gasteiger partial charge < -0.3 is 10.6 Å². The second-order valence-corrected chi connectivity index (χ2v) is 5.24. The molecule has 0 aromatic heterocycles. The molecule has 0 bridgehead atoms. The Balaban J connectivity index is 1.63. The van der Waals surface area contributed by atoms with Crippen LogP contribution in [0.3, 0.4) is 0 Å². The van der Waals surface area contributed by atoms with Gasteiger partial charge in [0, 0.05) is 24.7 Å². The lowest BCUT2D eigenvalue weighted by molar-refractivity contribution is -0.123. The number of amides is 2. The number of carbonyl (C=O) groups is 2. The number of hydrogen-bond donors (Lipinski definition) is 2. The van der Waals surface area contributed by atoms with Crippen LogP contribution < -0.4 is 10.6 Å². The highest BCUT2D eigenvalue weighted by Gasteiger charge is 2.23. The third-order valence-corrected chi connectivity index (χ3v) is 3.13. The quantitative estimate of drug-likeness (QED) is 0.786. The smallest absolute Gasteiger partial charge is 0.234 e. The minimum Gasteiger partial charge on any atom is -0.352 e. The van der Waals surface area contributed by atoms with Crippen LogP contribution in [-0.2, 0) is 9.59 Å². The number of carbonyl (C=O) groups excluding carboxylic acids is 2. The van der Waals surface area contributed by atoms with E-state index in [9.17, 15) is 9.59 Å². The number of nitrogens with zero attached hydrogens (tertiary/aromatic N) is 1. The number of hydrogen-bond acceptors (Lipinski definition) is 3. The largest absolute Gasteiger partial charge is 0.352 e. The lowest BCUT2D eigenvalue weighted by Gasteiger charge is -2.15. The summed E-state index contributed by atoms with van der Waals surface area (Å²) in [6.45, 7) is 0.909. The fraction of sp³-hybridized carbons (Fsp3) is 0.467. The van der Waals surface area contributed by atoms with Crippen LogP contribution in [0.4, 0.5) is 5.69 Å². The second-order valence-electron chi connectivity index (χ2n) is 5.24. The highest BCUT2D eigenvalue weighted by Crippen LogP contribution is 2.18. The fourth-order valence-electron chi connectivity index (χ4n) is 1.86. The molecule has 0 aliphatic heterocycles. The van der Waals surface area contributed by atoms with Gasteiger partial charge in [0.2, 0.25) is 11.8 Å². The highest BCUT2D eigenvalue weighted by molar-refractivity contribution is 5.90. The molecule has 0 atom stereocenters. The molecule has 0 heterocycles. The molecular weight excluding hydrogens is 254 g/mol. The Morgan fingerprint density at radius 2 is 1.90 bits per heavy atom. The van der Waals surface area contributed by atoms with Gasteiger partial charge in [0.05, 0.1) is 6.54 Å². The zero-order chi connectivity index (χ0) is 14.4. The van der Waals surface area contributed by atoms with Crippen molar-refractivity contribution >= 4 is 17.5 Å². The Hall–Kier alpha value is -1.88. The summed E-state index contributed by atoms with van der Waals surface area (Å²) in [5, 5.41) is 5.76. The van der Waals surface area contributed by atoms with E-state index in [-0.39, 0.29) is 11.8 Å². The number of likely N-dealkylation sites (N-methyl/N-ethyl adjacent to an activating group) is 1. The average Bonchev–Trinajstić information content (AvgIpc) is 3.21. The molecule has 2 rings (SSSR count). The number of para-hydroxylation sites is 1. The van der Waals surface area contributed by atoms with Crippen LogP contribution in [-0.4, -0.2) is 42.9 Å².